The molecule has 0 aliphatic rings. The zero-order valence-corrected chi connectivity index (χ0v) is 11.0. The van der Waals surface area contributed by atoms with Gasteiger partial charge in [-0.05, 0) is 25.1 Å². The number of carbonyl (C=O) groups is 1. The Hall–Kier alpha value is -1.69. The van der Waals surface area contributed by atoms with Crippen molar-refractivity contribution in [1.29, 1.82) is 0 Å². The lowest BCUT2D eigenvalue weighted by Gasteiger charge is -2.25. The van der Waals surface area contributed by atoms with Gasteiger partial charge in [-0.1, -0.05) is 12.2 Å². The first-order chi connectivity index (χ1) is 8.32. The van der Waals surface area contributed by atoms with Gasteiger partial charge in [0.25, 0.3) is 5.91 Å². The van der Waals surface area contributed by atoms with Crippen molar-refractivity contribution in [3.8, 4) is 5.75 Å². The maximum absolute atomic E-state index is 13.1. The fourth-order valence-electron chi connectivity index (χ4n) is 1.50. The highest BCUT2D eigenvalue weighted by Gasteiger charge is 2.21. The number of rotatable bonds is 4. The van der Waals surface area contributed by atoms with Crippen molar-refractivity contribution in [2.24, 2.45) is 5.73 Å². The summed E-state index contributed by atoms with van der Waals surface area (Å²) in [6.07, 6.45) is 0.369. The fraction of sp³-hybridized carbons (Fsp3) is 0.333. The van der Waals surface area contributed by atoms with Crippen molar-refractivity contribution >= 4 is 23.1 Å². The number of aromatic hydroxyl groups is 1. The number of hydrogen-bond donors (Lipinski definition) is 2. The van der Waals surface area contributed by atoms with Gasteiger partial charge in [0.15, 0.2) is 0 Å². The van der Waals surface area contributed by atoms with Crippen LogP contribution >= 0.6 is 12.2 Å². The molecule has 1 atom stereocenters. The molecule has 0 aromatic heterocycles. The topological polar surface area (TPSA) is 66.6 Å². The normalized spacial score (nSPS) is 11.9. The molecule has 4 nitrogen and oxygen atoms in total. The molecule has 0 fully saturated rings. The van der Waals surface area contributed by atoms with E-state index in [1.54, 1.807) is 14.0 Å². The number of benzene rings is 1. The molecule has 98 valence electrons. The minimum atomic E-state index is -0.577. The van der Waals surface area contributed by atoms with Gasteiger partial charge in [0.05, 0.1) is 10.6 Å². The molecule has 0 saturated carbocycles. The first kappa shape index (κ1) is 14.4. The van der Waals surface area contributed by atoms with Crippen LogP contribution in [0.4, 0.5) is 4.39 Å². The molecule has 1 rings (SSSR count). The van der Waals surface area contributed by atoms with E-state index in [1.807, 2.05) is 0 Å². The lowest BCUT2D eigenvalue weighted by Crippen LogP contribution is -2.37. The maximum atomic E-state index is 13.1. The van der Waals surface area contributed by atoms with Crippen LogP contribution in [0.1, 0.15) is 23.7 Å². The van der Waals surface area contributed by atoms with Crippen molar-refractivity contribution in [3.05, 3.63) is 29.6 Å². The summed E-state index contributed by atoms with van der Waals surface area (Å²) in [5.41, 5.74) is 5.33. The third kappa shape index (κ3) is 3.40. The molecule has 1 amide bonds. The number of nitrogens with two attached hydrogens (primary N) is 1. The standard InChI is InChI=1S/C12H15FN2O2S/c1-7(5-11(14)18)15(2)12(17)9-6-8(13)3-4-10(9)16/h3-4,6-7,16H,5H2,1-2H3,(H2,14,18). The summed E-state index contributed by atoms with van der Waals surface area (Å²) in [6.45, 7) is 1.77. The molecule has 0 bridgehead atoms. The predicted octanol–water partition coefficient (Wildman–Crippen LogP) is 1.67. The molecular formula is C12H15FN2O2S. The Morgan fingerprint density at radius 3 is 2.78 bits per heavy atom. The molecule has 1 unspecified atom stereocenters. The van der Waals surface area contributed by atoms with E-state index in [4.69, 9.17) is 18.0 Å². The van der Waals surface area contributed by atoms with Gasteiger partial charge >= 0.3 is 0 Å². The summed E-state index contributed by atoms with van der Waals surface area (Å²) in [7, 11) is 1.55. The predicted molar refractivity (Wildman–Crippen MR) is 71.0 cm³/mol. The van der Waals surface area contributed by atoms with Gasteiger partial charge in [0.2, 0.25) is 0 Å². The van der Waals surface area contributed by atoms with E-state index in [-0.39, 0.29) is 17.4 Å². The van der Waals surface area contributed by atoms with Crippen LogP contribution in [0.25, 0.3) is 0 Å². The number of hydrogen-bond acceptors (Lipinski definition) is 3. The van der Waals surface area contributed by atoms with E-state index < -0.39 is 11.7 Å². The highest BCUT2D eigenvalue weighted by atomic mass is 32.1. The molecule has 0 heterocycles. The van der Waals surface area contributed by atoms with Crippen molar-refractivity contribution in [2.45, 2.75) is 19.4 Å². The van der Waals surface area contributed by atoms with Crippen LogP contribution in [0.15, 0.2) is 18.2 Å². The Balaban J connectivity index is 2.92. The number of amides is 1. The molecule has 3 N–H and O–H groups in total. The summed E-state index contributed by atoms with van der Waals surface area (Å²) in [6, 6.07) is 3.01. The molecule has 1 aromatic rings. The van der Waals surface area contributed by atoms with Crippen LogP contribution in [-0.2, 0) is 0 Å². The summed E-state index contributed by atoms with van der Waals surface area (Å²) < 4.78 is 13.1. The zero-order chi connectivity index (χ0) is 13.9. The van der Waals surface area contributed by atoms with Crippen LogP contribution in [0.2, 0.25) is 0 Å². The average Bonchev–Trinajstić information content (AvgIpc) is 2.29. The summed E-state index contributed by atoms with van der Waals surface area (Å²) in [4.78, 5) is 13.7. The van der Waals surface area contributed by atoms with Crippen LogP contribution in [0, 0.1) is 5.82 Å². The molecule has 0 saturated heterocycles. The van der Waals surface area contributed by atoms with Crippen LogP contribution < -0.4 is 5.73 Å². The van der Waals surface area contributed by atoms with Crippen molar-refractivity contribution < 1.29 is 14.3 Å². The van der Waals surface area contributed by atoms with Gasteiger partial charge < -0.3 is 15.7 Å². The van der Waals surface area contributed by atoms with Crippen molar-refractivity contribution in [2.75, 3.05) is 7.05 Å². The Kier molecular flexibility index (Phi) is 4.61. The minimum absolute atomic E-state index is 0.0766. The first-order valence-corrected chi connectivity index (χ1v) is 5.77. The van der Waals surface area contributed by atoms with E-state index in [0.717, 1.165) is 18.2 Å². The highest BCUT2D eigenvalue weighted by molar-refractivity contribution is 7.80. The Labute approximate surface area is 110 Å². The van der Waals surface area contributed by atoms with E-state index in [0.29, 0.717) is 11.4 Å². The number of phenolic OH excluding ortho intramolecular Hbond substituents is 1. The van der Waals surface area contributed by atoms with Crippen LogP contribution in [-0.4, -0.2) is 34.0 Å². The Morgan fingerprint density at radius 2 is 2.22 bits per heavy atom. The van der Waals surface area contributed by atoms with Gasteiger partial charge in [-0.25, -0.2) is 4.39 Å². The molecule has 18 heavy (non-hydrogen) atoms. The Bertz CT molecular complexity index is 479. The summed E-state index contributed by atoms with van der Waals surface area (Å²) >= 11 is 4.77. The highest BCUT2D eigenvalue weighted by Crippen LogP contribution is 2.20. The van der Waals surface area contributed by atoms with Crippen molar-refractivity contribution in [1.82, 2.24) is 4.90 Å². The second kappa shape index (κ2) is 5.77. The number of thiocarbonyl (C=S) groups is 1. The molecule has 0 radical (unpaired) electrons. The first-order valence-electron chi connectivity index (χ1n) is 5.37. The van der Waals surface area contributed by atoms with Gasteiger partial charge in [-0.15, -0.1) is 0 Å². The fourth-order valence-corrected chi connectivity index (χ4v) is 1.74. The van der Waals surface area contributed by atoms with Crippen LogP contribution in [0.3, 0.4) is 0 Å². The maximum Gasteiger partial charge on any atom is 0.257 e. The van der Waals surface area contributed by atoms with E-state index in [2.05, 4.69) is 0 Å². The van der Waals surface area contributed by atoms with E-state index >= 15 is 0 Å². The second-order valence-electron chi connectivity index (χ2n) is 4.10. The minimum Gasteiger partial charge on any atom is -0.507 e. The van der Waals surface area contributed by atoms with Crippen LogP contribution in [0.5, 0.6) is 5.75 Å². The smallest absolute Gasteiger partial charge is 0.257 e. The van der Waals surface area contributed by atoms with E-state index in [1.165, 1.54) is 4.90 Å². The second-order valence-corrected chi connectivity index (χ2v) is 4.62. The lowest BCUT2D eigenvalue weighted by atomic mass is 10.1. The third-order valence-electron chi connectivity index (χ3n) is 2.67. The number of phenols is 1. The molecule has 0 spiro atoms. The van der Waals surface area contributed by atoms with Crippen molar-refractivity contribution in [3.63, 3.8) is 0 Å². The van der Waals surface area contributed by atoms with Gasteiger partial charge in [-0.2, -0.15) is 0 Å². The monoisotopic (exact) mass is 270 g/mol. The number of carbonyl (C=O) groups excluding carboxylic acids is 1. The largest absolute Gasteiger partial charge is 0.507 e. The number of nitrogens with zero attached hydrogens (tertiary/aromatic N) is 1. The molecule has 6 heteroatoms. The van der Waals surface area contributed by atoms with Gasteiger partial charge in [0.1, 0.15) is 11.6 Å². The average molecular weight is 270 g/mol. The lowest BCUT2D eigenvalue weighted by molar-refractivity contribution is 0.0744. The summed E-state index contributed by atoms with van der Waals surface area (Å²) in [5, 5.41) is 9.55. The van der Waals surface area contributed by atoms with E-state index in [9.17, 15) is 14.3 Å². The quantitative estimate of drug-likeness (QED) is 0.817. The van der Waals surface area contributed by atoms with Gasteiger partial charge in [-0.3, -0.25) is 4.79 Å². The molecule has 1 aromatic carbocycles. The Morgan fingerprint density at radius 1 is 1.61 bits per heavy atom. The number of halogens is 1. The van der Waals surface area contributed by atoms with Gasteiger partial charge in [0, 0.05) is 19.5 Å². The molecular weight excluding hydrogens is 255 g/mol. The molecule has 0 aliphatic carbocycles. The summed E-state index contributed by atoms with van der Waals surface area (Å²) in [5.74, 6) is -1.31. The zero-order valence-electron chi connectivity index (χ0n) is 10.2. The SMILES string of the molecule is CC(CC(N)=S)N(C)C(=O)c1cc(F)ccc1O. The molecule has 0 aliphatic heterocycles. The third-order valence-corrected chi connectivity index (χ3v) is 2.83.